The van der Waals surface area contributed by atoms with Crippen LogP contribution in [0.25, 0.3) is 0 Å². The van der Waals surface area contributed by atoms with Crippen LogP contribution >= 0.6 is 11.6 Å². The lowest BCUT2D eigenvalue weighted by Gasteiger charge is -2.25. The lowest BCUT2D eigenvalue weighted by molar-refractivity contribution is -0.00515. The van der Waals surface area contributed by atoms with Gasteiger partial charge in [0.25, 0.3) is 0 Å². The van der Waals surface area contributed by atoms with E-state index in [-0.39, 0.29) is 23.1 Å². The number of aliphatic hydroxyl groups excluding tert-OH is 1. The molecule has 0 radical (unpaired) electrons. The van der Waals surface area contributed by atoms with E-state index in [9.17, 15) is 13.5 Å². The Bertz CT molecular complexity index is 599. The van der Waals surface area contributed by atoms with Crippen LogP contribution in [0.15, 0.2) is 17.0 Å². The zero-order chi connectivity index (χ0) is 16.3. The summed E-state index contributed by atoms with van der Waals surface area (Å²) < 4.78 is 32.8. The Morgan fingerprint density at radius 3 is 2.52 bits per heavy atom. The molecule has 0 amide bonds. The van der Waals surface area contributed by atoms with Gasteiger partial charge >= 0.3 is 0 Å². The highest BCUT2D eigenvalue weighted by Gasteiger charge is 2.24. The molecule has 21 heavy (non-hydrogen) atoms. The highest BCUT2D eigenvalue weighted by Crippen LogP contribution is 2.24. The molecule has 0 unspecified atom stereocenters. The molecule has 0 aliphatic rings. The second kappa shape index (κ2) is 7.07. The zero-order valence-electron chi connectivity index (χ0n) is 12.7. The molecule has 1 aromatic carbocycles. The first-order valence-corrected chi connectivity index (χ1v) is 8.52. The Kier molecular flexibility index (Phi) is 6.19. The molecule has 0 aliphatic carbocycles. The fourth-order valence-corrected chi connectivity index (χ4v) is 3.75. The van der Waals surface area contributed by atoms with Crippen molar-refractivity contribution in [3.63, 3.8) is 0 Å². The summed E-state index contributed by atoms with van der Waals surface area (Å²) in [4.78, 5) is 0.0753. The van der Waals surface area contributed by atoms with E-state index in [2.05, 4.69) is 4.72 Å². The van der Waals surface area contributed by atoms with Gasteiger partial charge in [0, 0.05) is 18.2 Å². The number of sulfonamides is 1. The van der Waals surface area contributed by atoms with E-state index in [0.29, 0.717) is 17.7 Å². The van der Waals surface area contributed by atoms with Crippen molar-refractivity contribution in [3.8, 4) is 0 Å². The molecule has 7 heteroatoms. The first kappa shape index (κ1) is 18.4. The summed E-state index contributed by atoms with van der Waals surface area (Å²) in [5, 5.41) is 9.54. The Morgan fingerprint density at radius 1 is 1.38 bits per heavy atom. The van der Waals surface area contributed by atoms with Crippen LogP contribution in [0.4, 0.5) is 0 Å². The number of hydrogen-bond acceptors (Lipinski definition) is 4. The topological polar surface area (TPSA) is 75.6 Å². The van der Waals surface area contributed by atoms with Crippen LogP contribution in [-0.2, 0) is 21.4 Å². The van der Waals surface area contributed by atoms with E-state index in [1.165, 1.54) is 6.07 Å². The maximum Gasteiger partial charge on any atom is 0.240 e. The van der Waals surface area contributed by atoms with Gasteiger partial charge in [-0.15, -0.1) is 0 Å². The highest BCUT2D eigenvalue weighted by molar-refractivity contribution is 7.89. The maximum atomic E-state index is 12.4. The van der Waals surface area contributed by atoms with Crippen molar-refractivity contribution in [2.75, 3.05) is 13.2 Å². The van der Waals surface area contributed by atoms with Gasteiger partial charge in [-0.3, -0.25) is 0 Å². The molecule has 0 heterocycles. The number of rotatable bonds is 7. The van der Waals surface area contributed by atoms with Crippen LogP contribution in [-0.4, -0.2) is 32.3 Å². The lowest BCUT2D eigenvalue weighted by Crippen LogP contribution is -2.40. The number of aliphatic hydroxyl groups is 1. The number of hydrogen-bond donors (Lipinski definition) is 2. The molecule has 0 saturated heterocycles. The van der Waals surface area contributed by atoms with Gasteiger partial charge in [0.05, 0.1) is 17.1 Å². The normalized spacial score (nSPS) is 12.7. The summed E-state index contributed by atoms with van der Waals surface area (Å²) in [5.74, 6) is 0. The molecular weight excluding hydrogens is 314 g/mol. The Labute approximate surface area is 131 Å². The minimum atomic E-state index is -3.72. The average molecular weight is 336 g/mol. The second-order valence-corrected chi connectivity index (χ2v) is 7.54. The summed E-state index contributed by atoms with van der Waals surface area (Å²) in [6.45, 7) is 7.49. The standard InChI is InChI=1S/C14H22ClNO4S/c1-5-20-14(3,4)9-16-21(18,19)13-7-12(15)6-11(8-17)10(13)2/h6-7,16-17H,5,8-9H2,1-4H3. The molecule has 120 valence electrons. The molecule has 0 aliphatic heterocycles. The first-order valence-electron chi connectivity index (χ1n) is 6.66. The van der Waals surface area contributed by atoms with Gasteiger partial charge in [-0.2, -0.15) is 0 Å². The average Bonchev–Trinajstić information content (AvgIpc) is 2.39. The fraction of sp³-hybridized carbons (Fsp3) is 0.571. The fourth-order valence-electron chi connectivity index (χ4n) is 1.94. The van der Waals surface area contributed by atoms with Crippen molar-refractivity contribution < 1.29 is 18.3 Å². The van der Waals surface area contributed by atoms with Crippen LogP contribution in [0.2, 0.25) is 5.02 Å². The van der Waals surface area contributed by atoms with Crippen molar-refractivity contribution in [2.45, 2.75) is 44.8 Å². The molecular formula is C14H22ClNO4S. The molecule has 1 aromatic rings. The van der Waals surface area contributed by atoms with Crippen molar-refractivity contribution in [1.29, 1.82) is 0 Å². The monoisotopic (exact) mass is 335 g/mol. The Morgan fingerprint density at radius 2 is 2.00 bits per heavy atom. The predicted octanol–water partition coefficient (Wildman–Crippen LogP) is 2.23. The van der Waals surface area contributed by atoms with Gasteiger partial charge in [0.1, 0.15) is 0 Å². The van der Waals surface area contributed by atoms with Crippen LogP contribution in [0.1, 0.15) is 31.9 Å². The maximum absolute atomic E-state index is 12.4. The van der Waals surface area contributed by atoms with Gasteiger partial charge in [-0.1, -0.05) is 11.6 Å². The summed E-state index contributed by atoms with van der Waals surface area (Å²) in [5.41, 5.74) is 0.379. The zero-order valence-corrected chi connectivity index (χ0v) is 14.3. The van der Waals surface area contributed by atoms with E-state index in [0.717, 1.165) is 0 Å². The predicted molar refractivity (Wildman–Crippen MR) is 83.0 cm³/mol. The third-order valence-electron chi connectivity index (χ3n) is 3.12. The second-order valence-electron chi connectivity index (χ2n) is 5.36. The molecule has 0 bridgehead atoms. The highest BCUT2D eigenvalue weighted by atomic mass is 35.5. The molecule has 2 N–H and O–H groups in total. The third-order valence-corrected chi connectivity index (χ3v) is 4.86. The first-order chi connectivity index (χ1) is 9.63. The summed E-state index contributed by atoms with van der Waals surface area (Å²) in [7, 11) is -3.72. The molecule has 0 atom stereocenters. The third kappa shape index (κ3) is 4.93. The van der Waals surface area contributed by atoms with Gasteiger partial charge in [0.15, 0.2) is 0 Å². The summed E-state index contributed by atoms with van der Waals surface area (Å²) in [6, 6.07) is 2.94. The Hall–Kier alpha value is -0.660. The van der Waals surface area contributed by atoms with E-state index in [4.69, 9.17) is 16.3 Å². The smallest absolute Gasteiger partial charge is 0.240 e. The van der Waals surface area contributed by atoms with Gasteiger partial charge in [-0.25, -0.2) is 13.1 Å². The number of nitrogens with one attached hydrogen (secondary N) is 1. The van der Waals surface area contributed by atoms with Crippen LogP contribution in [0, 0.1) is 6.92 Å². The molecule has 0 spiro atoms. The molecule has 0 fully saturated rings. The van der Waals surface area contributed by atoms with E-state index >= 15 is 0 Å². The van der Waals surface area contributed by atoms with Crippen molar-refractivity contribution in [1.82, 2.24) is 4.72 Å². The lowest BCUT2D eigenvalue weighted by atomic mass is 10.1. The largest absolute Gasteiger partial charge is 0.392 e. The van der Waals surface area contributed by atoms with Gasteiger partial charge in [-0.05, 0) is 51.0 Å². The minimum absolute atomic E-state index is 0.0753. The minimum Gasteiger partial charge on any atom is -0.392 e. The molecule has 1 rings (SSSR count). The number of halogens is 1. The van der Waals surface area contributed by atoms with E-state index in [1.807, 2.05) is 20.8 Å². The molecule has 5 nitrogen and oxygen atoms in total. The molecule has 0 saturated carbocycles. The van der Waals surface area contributed by atoms with Crippen molar-refractivity contribution in [3.05, 3.63) is 28.3 Å². The van der Waals surface area contributed by atoms with Gasteiger partial charge in [0.2, 0.25) is 10.0 Å². The quantitative estimate of drug-likeness (QED) is 0.801. The van der Waals surface area contributed by atoms with E-state index < -0.39 is 15.6 Å². The number of ether oxygens (including phenoxy) is 1. The number of benzene rings is 1. The van der Waals surface area contributed by atoms with Crippen molar-refractivity contribution >= 4 is 21.6 Å². The van der Waals surface area contributed by atoms with Crippen LogP contribution < -0.4 is 4.72 Å². The van der Waals surface area contributed by atoms with Crippen LogP contribution in [0.5, 0.6) is 0 Å². The summed E-state index contributed by atoms with van der Waals surface area (Å²) >= 11 is 5.92. The van der Waals surface area contributed by atoms with E-state index in [1.54, 1.807) is 13.0 Å². The van der Waals surface area contributed by atoms with Crippen LogP contribution in [0.3, 0.4) is 0 Å². The molecule has 0 aromatic heterocycles. The summed E-state index contributed by atoms with van der Waals surface area (Å²) in [6.07, 6.45) is 0. The Balaban J connectivity index is 3.06. The van der Waals surface area contributed by atoms with Crippen molar-refractivity contribution in [2.24, 2.45) is 0 Å². The SMILES string of the molecule is CCOC(C)(C)CNS(=O)(=O)c1cc(Cl)cc(CO)c1C. The van der Waals surface area contributed by atoms with Gasteiger partial charge < -0.3 is 9.84 Å².